The van der Waals surface area contributed by atoms with Crippen molar-refractivity contribution in [1.29, 1.82) is 0 Å². The summed E-state index contributed by atoms with van der Waals surface area (Å²) >= 11 is 0. The molecule has 5 aromatic rings. The highest BCUT2D eigenvalue weighted by Gasteiger charge is 2.16. The Kier molecular flexibility index (Phi) is 9.36. The number of Topliss-reactive ketones (excluding diaryl/α,β-unsaturated/α-hetero) is 2. The maximum absolute atomic E-state index is 12.8. The van der Waals surface area contributed by atoms with Crippen molar-refractivity contribution in [2.24, 2.45) is 0 Å². The summed E-state index contributed by atoms with van der Waals surface area (Å²) < 4.78 is 12.5. The molecule has 2 heterocycles. The Morgan fingerprint density at radius 2 is 0.850 bits per heavy atom. The average molecular weight is 539 g/mol. The first kappa shape index (κ1) is 28.1. The SMILES string of the molecule is CCCCCCCCC(=O)c1ccc2c(c1)oc1cc3c(cc12)oc1cc(C(=O)CCCCCCCC)ccc13. The van der Waals surface area contributed by atoms with E-state index >= 15 is 0 Å². The third-order valence-electron chi connectivity index (χ3n) is 8.22. The molecule has 210 valence electrons. The van der Waals surface area contributed by atoms with Crippen molar-refractivity contribution in [3.8, 4) is 0 Å². The van der Waals surface area contributed by atoms with Gasteiger partial charge in [0, 0.05) is 45.5 Å². The van der Waals surface area contributed by atoms with Gasteiger partial charge in [0.1, 0.15) is 22.3 Å². The lowest BCUT2D eigenvalue weighted by atomic mass is 10.0. The van der Waals surface area contributed by atoms with Crippen LogP contribution in [0.1, 0.15) is 124 Å². The van der Waals surface area contributed by atoms with Crippen LogP contribution in [0.4, 0.5) is 0 Å². The molecule has 2 aromatic heterocycles. The van der Waals surface area contributed by atoms with Crippen LogP contribution >= 0.6 is 0 Å². The van der Waals surface area contributed by atoms with Crippen LogP contribution in [0.15, 0.2) is 57.4 Å². The molecule has 3 aromatic carbocycles. The molecule has 4 heteroatoms. The van der Waals surface area contributed by atoms with Crippen LogP contribution in [-0.2, 0) is 0 Å². The number of benzene rings is 3. The summed E-state index contributed by atoms with van der Waals surface area (Å²) in [6.07, 6.45) is 15.2. The molecule has 0 N–H and O–H groups in total. The second-order valence-electron chi connectivity index (χ2n) is 11.4. The number of carbonyl (C=O) groups is 2. The van der Waals surface area contributed by atoms with Gasteiger partial charge in [-0.2, -0.15) is 0 Å². The summed E-state index contributed by atoms with van der Waals surface area (Å²) in [7, 11) is 0. The first-order valence-corrected chi connectivity index (χ1v) is 15.5. The van der Waals surface area contributed by atoms with Crippen LogP contribution in [0.3, 0.4) is 0 Å². The monoisotopic (exact) mass is 538 g/mol. The summed E-state index contributed by atoms with van der Waals surface area (Å²) in [6.45, 7) is 4.43. The Morgan fingerprint density at radius 1 is 0.475 bits per heavy atom. The standard InChI is InChI=1S/C36H42O4/c1-3-5-7-9-11-13-15-31(37)25-17-19-27-29-23-36-30(24-35(29)39-33(27)21-25)28-20-18-26(22-34(28)40-36)32(38)16-14-12-10-8-6-4-2/h17-24H,3-16H2,1-2H3. The lowest BCUT2D eigenvalue weighted by molar-refractivity contribution is 0.0971. The second kappa shape index (κ2) is 13.3. The molecule has 0 unspecified atom stereocenters. The Balaban J connectivity index is 1.31. The quantitative estimate of drug-likeness (QED) is 0.0925. The number of furan rings is 2. The minimum absolute atomic E-state index is 0.180. The van der Waals surface area contributed by atoms with Gasteiger partial charge in [-0.1, -0.05) is 90.2 Å². The van der Waals surface area contributed by atoms with E-state index in [2.05, 4.69) is 13.8 Å². The van der Waals surface area contributed by atoms with Crippen molar-refractivity contribution in [3.63, 3.8) is 0 Å². The van der Waals surface area contributed by atoms with Crippen molar-refractivity contribution in [2.45, 2.75) is 104 Å². The molecule has 0 saturated heterocycles. The molecular weight excluding hydrogens is 496 g/mol. The number of carbonyl (C=O) groups excluding carboxylic acids is 2. The minimum Gasteiger partial charge on any atom is -0.456 e. The van der Waals surface area contributed by atoms with E-state index in [-0.39, 0.29) is 11.6 Å². The van der Waals surface area contributed by atoms with Gasteiger partial charge in [-0.05, 0) is 49.2 Å². The largest absolute Gasteiger partial charge is 0.456 e. The van der Waals surface area contributed by atoms with Crippen LogP contribution in [-0.4, -0.2) is 11.6 Å². The Bertz CT molecular complexity index is 1490. The van der Waals surface area contributed by atoms with Gasteiger partial charge in [0.25, 0.3) is 0 Å². The third-order valence-corrected chi connectivity index (χ3v) is 8.22. The molecule has 0 aliphatic rings. The van der Waals surface area contributed by atoms with Crippen molar-refractivity contribution < 1.29 is 18.4 Å². The third kappa shape index (κ3) is 6.32. The van der Waals surface area contributed by atoms with Gasteiger partial charge in [0.2, 0.25) is 0 Å². The molecule has 0 amide bonds. The van der Waals surface area contributed by atoms with E-state index in [4.69, 9.17) is 8.83 Å². The normalized spacial score (nSPS) is 11.8. The smallest absolute Gasteiger partial charge is 0.163 e. The van der Waals surface area contributed by atoms with Crippen molar-refractivity contribution >= 4 is 55.4 Å². The molecule has 0 atom stereocenters. The Hall–Kier alpha value is -3.40. The van der Waals surface area contributed by atoms with Gasteiger partial charge < -0.3 is 8.83 Å². The van der Waals surface area contributed by atoms with E-state index in [1.54, 1.807) is 0 Å². The first-order chi connectivity index (χ1) is 19.6. The zero-order valence-corrected chi connectivity index (χ0v) is 24.2. The Morgan fingerprint density at radius 3 is 1.27 bits per heavy atom. The van der Waals surface area contributed by atoms with Crippen molar-refractivity contribution in [3.05, 3.63) is 59.7 Å². The Labute approximate surface area is 237 Å². The lowest BCUT2D eigenvalue weighted by Gasteiger charge is -2.02. The average Bonchev–Trinajstić information content (AvgIpc) is 3.51. The van der Waals surface area contributed by atoms with Gasteiger partial charge in [0.15, 0.2) is 11.6 Å². The van der Waals surface area contributed by atoms with Crippen LogP contribution in [0, 0.1) is 0 Å². The van der Waals surface area contributed by atoms with Crippen LogP contribution < -0.4 is 0 Å². The topological polar surface area (TPSA) is 60.4 Å². The van der Waals surface area contributed by atoms with Gasteiger partial charge in [0.05, 0.1) is 0 Å². The molecule has 0 fully saturated rings. The summed E-state index contributed by atoms with van der Waals surface area (Å²) in [5.41, 5.74) is 4.43. The van der Waals surface area contributed by atoms with E-state index in [1.165, 1.54) is 51.4 Å². The van der Waals surface area contributed by atoms with Gasteiger partial charge in [-0.3, -0.25) is 9.59 Å². The summed E-state index contributed by atoms with van der Waals surface area (Å²) in [5.74, 6) is 0.360. The van der Waals surface area contributed by atoms with E-state index < -0.39 is 0 Å². The number of hydrogen-bond acceptors (Lipinski definition) is 4. The molecule has 0 aliphatic carbocycles. The van der Waals surface area contributed by atoms with Gasteiger partial charge in [-0.25, -0.2) is 0 Å². The predicted octanol–water partition coefficient (Wildman–Crippen LogP) is 11.4. The highest BCUT2D eigenvalue weighted by molar-refractivity contribution is 6.16. The fourth-order valence-electron chi connectivity index (χ4n) is 5.81. The molecule has 40 heavy (non-hydrogen) atoms. The van der Waals surface area contributed by atoms with Gasteiger partial charge in [-0.15, -0.1) is 0 Å². The van der Waals surface area contributed by atoms with E-state index in [0.717, 1.165) is 69.6 Å². The summed E-state index contributed by atoms with van der Waals surface area (Å²) in [5, 5.41) is 3.89. The molecule has 0 saturated carbocycles. The maximum atomic E-state index is 12.8. The maximum Gasteiger partial charge on any atom is 0.163 e. The molecule has 5 rings (SSSR count). The zero-order valence-electron chi connectivity index (χ0n) is 24.2. The van der Waals surface area contributed by atoms with E-state index in [1.807, 2.05) is 48.5 Å². The van der Waals surface area contributed by atoms with Crippen molar-refractivity contribution in [1.82, 2.24) is 0 Å². The molecule has 0 radical (unpaired) electrons. The number of fused-ring (bicyclic) bond motifs is 6. The second-order valence-corrected chi connectivity index (χ2v) is 11.4. The lowest BCUT2D eigenvalue weighted by Crippen LogP contribution is -1.98. The fourth-order valence-corrected chi connectivity index (χ4v) is 5.81. The van der Waals surface area contributed by atoms with E-state index in [0.29, 0.717) is 24.0 Å². The summed E-state index contributed by atoms with van der Waals surface area (Å²) in [4.78, 5) is 25.6. The highest BCUT2D eigenvalue weighted by Crippen LogP contribution is 2.37. The van der Waals surface area contributed by atoms with E-state index in [9.17, 15) is 9.59 Å². The predicted molar refractivity (Wildman–Crippen MR) is 166 cm³/mol. The highest BCUT2D eigenvalue weighted by atomic mass is 16.3. The molecule has 4 nitrogen and oxygen atoms in total. The minimum atomic E-state index is 0.180. The number of unbranched alkanes of at least 4 members (excludes halogenated alkanes) is 10. The molecule has 0 spiro atoms. The molecule has 0 bridgehead atoms. The fraction of sp³-hybridized carbons (Fsp3) is 0.444. The number of rotatable bonds is 16. The summed E-state index contributed by atoms with van der Waals surface area (Å²) in [6, 6.07) is 15.6. The number of ketones is 2. The van der Waals surface area contributed by atoms with Crippen molar-refractivity contribution in [2.75, 3.05) is 0 Å². The zero-order chi connectivity index (χ0) is 27.9. The molecule has 0 aliphatic heterocycles. The first-order valence-electron chi connectivity index (χ1n) is 15.5. The number of hydrogen-bond donors (Lipinski definition) is 0. The van der Waals surface area contributed by atoms with Crippen LogP contribution in [0.5, 0.6) is 0 Å². The van der Waals surface area contributed by atoms with Crippen LogP contribution in [0.25, 0.3) is 43.9 Å². The van der Waals surface area contributed by atoms with Crippen LogP contribution in [0.2, 0.25) is 0 Å². The van der Waals surface area contributed by atoms with Gasteiger partial charge >= 0.3 is 0 Å². The molecular formula is C36H42O4.